The Kier molecular flexibility index (Phi) is 6.54. The molecule has 3 aromatic carbocycles. The molecule has 11 heteroatoms. The van der Waals surface area contributed by atoms with E-state index in [-0.39, 0.29) is 24.6 Å². The van der Waals surface area contributed by atoms with Gasteiger partial charge in [0.1, 0.15) is 11.5 Å². The van der Waals surface area contributed by atoms with Gasteiger partial charge in [-0.05, 0) is 35.9 Å². The number of ether oxygens (including phenoxy) is 2. The van der Waals surface area contributed by atoms with Crippen LogP contribution >= 0.6 is 0 Å². The monoisotopic (exact) mass is 551 g/mol. The Morgan fingerprint density at radius 2 is 1.34 bits per heavy atom. The van der Waals surface area contributed by atoms with Crippen LogP contribution in [-0.2, 0) is 27.8 Å². The molecule has 11 nitrogen and oxygen atoms in total. The SMILES string of the molecule is COc1cccc(-c2noc(CC3(Cc4nc(-c5cccc(OC)c5)no4)C(=O)N(C(C)=O)c4ccccc43)n2)c1. The fourth-order valence-corrected chi connectivity index (χ4v) is 5.16. The average Bonchev–Trinajstić information content (AvgIpc) is 3.71. The zero-order valence-corrected chi connectivity index (χ0v) is 22.5. The van der Waals surface area contributed by atoms with Crippen molar-refractivity contribution in [2.24, 2.45) is 0 Å². The van der Waals surface area contributed by atoms with Gasteiger partial charge in [-0.15, -0.1) is 0 Å². The second kappa shape index (κ2) is 10.3. The summed E-state index contributed by atoms with van der Waals surface area (Å²) < 4.78 is 21.9. The molecule has 0 unspecified atom stereocenters. The number of aromatic nitrogens is 4. The maximum Gasteiger partial charge on any atom is 0.245 e. The number of carbonyl (C=O) groups excluding carboxylic acids is 2. The highest BCUT2D eigenvalue weighted by atomic mass is 16.5. The smallest absolute Gasteiger partial charge is 0.245 e. The molecular formula is C30H25N5O6. The molecule has 0 fully saturated rings. The number of hydrogen-bond donors (Lipinski definition) is 0. The first-order valence-electron chi connectivity index (χ1n) is 12.8. The molecule has 2 aromatic heterocycles. The summed E-state index contributed by atoms with van der Waals surface area (Å²) in [5, 5.41) is 8.28. The van der Waals surface area contributed by atoms with Crippen molar-refractivity contribution in [2.45, 2.75) is 25.2 Å². The molecule has 0 saturated heterocycles. The summed E-state index contributed by atoms with van der Waals surface area (Å²) in [6, 6.07) is 21.7. The number of fused-ring (bicyclic) bond motifs is 1. The Balaban J connectivity index is 1.41. The molecule has 0 spiro atoms. The van der Waals surface area contributed by atoms with Crippen LogP contribution in [0.3, 0.4) is 0 Å². The van der Waals surface area contributed by atoms with Crippen LogP contribution in [0.1, 0.15) is 24.3 Å². The second-order valence-electron chi connectivity index (χ2n) is 9.60. The van der Waals surface area contributed by atoms with E-state index < -0.39 is 17.2 Å². The van der Waals surface area contributed by atoms with E-state index in [0.717, 1.165) is 0 Å². The number of imide groups is 1. The van der Waals surface area contributed by atoms with E-state index in [1.165, 1.54) is 11.8 Å². The molecule has 206 valence electrons. The van der Waals surface area contributed by atoms with Crippen molar-refractivity contribution in [1.29, 1.82) is 0 Å². The van der Waals surface area contributed by atoms with Crippen LogP contribution in [0.25, 0.3) is 22.8 Å². The van der Waals surface area contributed by atoms with Gasteiger partial charge in [0, 0.05) is 30.9 Å². The van der Waals surface area contributed by atoms with Crippen LogP contribution < -0.4 is 14.4 Å². The van der Waals surface area contributed by atoms with Crippen molar-refractivity contribution >= 4 is 17.5 Å². The van der Waals surface area contributed by atoms with E-state index in [2.05, 4.69) is 20.3 Å². The van der Waals surface area contributed by atoms with E-state index in [1.807, 2.05) is 48.5 Å². The highest BCUT2D eigenvalue weighted by molar-refractivity contribution is 6.22. The average molecular weight is 552 g/mol. The molecule has 1 aliphatic rings. The maximum absolute atomic E-state index is 14.1. The normalized spacial score (nSPS) is 13.7. The van der Waals surface area contributed by atoms with Gasteiger partial charge in [0.15, 0.2) is 0 Å². The van der Waals surface area contributed by atoms with Crippen molar-refractivity contribution < 1.29 is 28.1 Å². The van der Waals surface area contributed by atoms with Crippen molar-refractivity contribution in [3.63, 3.8) is 0 Å². The zero-order chi connectivity index (χ0) is 28.6. The molecule has 1 aliphatic heterocycles. The van der Waals surface area contributed by atoms with Gasteiger partial charge in [0.05, 0.1) is 25.3 Å². The highest BCUT2D eigenvalue weighted by Crippen LogP contribution is 2.46. The third kappa shape index (κ3) is 4.61. The Bertz CT molecular complexity index is 1670. The van der Waals surface area contributed by atoms with Crippen LogP contribution in [0, 0.1) is 0 Å². The topological polar surface area (TPSA) is 134 Å². The first-order chi connectivity index (χ1) is 19.9. The van der Waals surface area contributed by atoms with Gasteiger partial charge >= 0.3 is 0 Å². The highest BCUT2D eigenvalue weighted by Gasteiger charge is 2.54. The molecule has 2 amide bonds. The third-order valence-corrected chi connectivity index (χ3v) is 7.09. The van der Waals surface area contributed by atoms with Gasteiger partial charge in [-0.3, -0.25) is 9.59 Å². The first kappa shape index (κ1) is 25.9. The standard InChI is InChI=1S/C30H25N5O6/c1-18(36)35-24-13-5-4-12-23(24)30(29(35)37,16-25-31-27(33-40-25)19-8-6-10-21(14-19)38-2)17-26-32-28(34-41-26)20-9-7-11-22(15-20)39-3/h4-15H,16-17H2,1-3H3. The van der Waals surface area contributed by atoms with Gasteiger partial charge in [0.2, 0.25) is 35.2 Å². The summed E-state index contributed by atoms with van der Waals surface area (Å²) in [5.41, 5.74) is 1.18. The number of nitrogens with zero attached hydrogens (tertiary/aromatic N) is 5. The molecule has 3 heterocycles. The lowest BCUT2D eigenvalue weighted by Crippen LogP contribution is -2.45. The number of anilines is 1. The molecule has 0 atom stereocenters. The number of methoxy groups -OCH3 is 2. The predicted molar refractivity (Wildman–Crippen MR) is 146 cm³/mol. The summed E-state index contributed by atoms with van der Waals surface area (Å²) in [4.78, 5) is 37.2. The Morgan fingerprint density at radius 1 is 0.805 bits per heavy atom. The predicted octanol–water partition coefficient (Wildman–Crippen LogP) is 4.42. The number of carbonyl (C=O) groups is 2. The molecule has 0 saturated carbocycles. The summed E-state index contributed by atoms with van der Waals surface area (Å²) in [6.07, 6.45) is 0.000929. The zero-order valence-electron chi connectivity index (χ0n) is 22.5. The van der Waals surface area contributed by atoms with Crippen LogP contribution in [0.15, 0.2) is 81.8 Å². The summed E-state index contributed by atoms with van der Waals surface area (Å²) in [5.74, 6) is 1.55. The Hall–Kier alpha value is -5.32. The number of rotatable bonds is 8. The summed E-state index contributed by atoms with van der Waals surface area (Å²) in [7, 11) is 3.15. The molecule has 0 radical (unpaired) electrons. The van der Waals surface area contributed by atoms with E-state index in [4.69, 9.17) is 18.5 Å². The van der Waals surface area contributed by atoms with Gasteiger partial charge in [-0.1, -0.05) is 52.8 Å². The quantitative estimate of drug-likeness (QED) is 0.273. The van der Waals surface area contributed by atoms with Crippen LogP contribution in [0.4, 0.5) is 5.69 Å². The number of hydrogen-bond acceptors (Lipinski definition) is 10. The van der Waals surface area contributed by atoms with Crippen LogP contribution in [0.5, 0.6) is 11.5 Å². The van der Waals surface area contributed by atoms with Gasteiger partial charge in [-0.2, -0.15) is 9.97 Å². The molecule has 0 N–H and O–H groups in total. The van der Waals surface area contributed by atoms with Gasteiger partial charge in [0.25, 0.3) is 0 Å². The van der Waals surface area contributed by atoms with E-state index >= 15 is 0 Å². The minimum atomic E-state index is -1.32. The molecule has 0 bridgehead atoms. The summed E-state index contributed by atoms with van der Waals surface area (Å²) >= 11 is 0. The Morgan fingerprint density at radius 3 is 1.85 bits per heavy atom. The van der Waals surface area contributed by atoms with E-state index in [1.54, 1.807) is 38.5 Å². The van der Waals surface area contributed by atoms with E-state index in [0.29, 0.717) is 45.5 Å². The van der Waals surface area contributed by atoms with Gasteiger partial charge in [-0.25, -0.2) is 4.90 Å². The largest absolute Gasteiger partial charge is 0.497 e. The van der Waals surface area contributed by atoms with E-state index in [9.17, 15) is 9.59 Å². The first-order valence-corrected chi connectivity index (χ1v) is 12.8. The fraction of sp³-hybridized carbons (Fsp3) is 0.200. The van der Waals surface area contributed by atoms with Crippen molar-refractivity contribution in [3.8, 4) is 34.3 Å². The van der Waals surface area contributed by atoms with Gasteiger partial charge < -0.3 is 18.5 Å². The number of amides is 2. The van der Waals surface area contributed by atoms with Crippen molar-refractivity contribution in [3.05, 3.63) is 90.1 Å². The number of benzene rings is 3. The lowest BCUT2D eigenvalue weighted by atomic mass is 9.75. The molecule has 0 aliphatic carbocycles. The van der Waals surface area contributed by atoms with Crippen LogP contribution in [0.2, 0.25) is 0 Å². The van der Waals surface area contributed by atoms with Crippen molar-refractivity contribution in [1.82, 2.24) is 20.3 Å². The minimum Gasteiger partial charge on any atom is -0.497 e. The Labute approximate surface area is 234 Å². The third-order valence-electron chi connectivity index (χ3n) is 7.09. The number of para-hydroxylation sites is 1. The maximum atomic E-state index is 14.1. The fourth-order valence-electron chi connectivity index (χ4n) is 5.16. The molecule has 41 heavy (non-hydrogen) atoms. The summed E-state index contributed by atoms with van der Waals surface area (Å²) in [6.45, 7) is 1.35. The molecular weight excluding hydrogens is 526 g/mol. The molecule has 6 rings (SSSR count). The second-order valence-corrected chi connectivity index (χ2v) is 9.60. The van der Waals surface area contributed by atoms with Crippen LogP contribution in [-0.4, -0.2) is 46.3 Å². The van der Waals surface area contributed by atoms with Crippen molar-refractivity contribution in [2.75, 3.05) is 19.1 Å². The lowest BCUT2D eigenvalue weighted by molar-refractivity contribution is -0.128. The molecule has 5 aromatic rings. The minimum absolute atomic E-state index is 0.000465. The lowest BCUT2D eigenvalue weighted by Gasteiger charge is -2.25.